The minimum atomic E-state index is -0.130. The van der Waals surface area contributed by atoms with Crippen LogP contribution in [0.3, 0.4) is 0 Å². The quantitative estimate of drug-likeness (QED) is 0.852. The molecular formula is C18H19BrN2O3. The zero-order valence-electron chi connectivity index (χ0n) is 13.8. The molecule has 0 aliphatic heterocycles. The summed E-state index contributed by atoms with van der Waals surface area (Å²) in [5, 5.41) is 2.58. The smallest absolute Gasteiger partial charge is 0.253 e. The summed E-state index contributed by atoms with van der Waals surface area (Å²) in [4.78, 5) is 25.7. The molecule has 0 aliphatic rings. The van der Waals surface area contributed by atoms with E-state index in [1.165, 1.54) is 0 Å². The maximum absolute atomic E-state index is 12.5. The van der Waals surface area contributed by atoms with Crippen LogP contribution in [-0.2, 0) is 6.54 Å². The van der Waals surface area contributed by atoms with Gasteiger partial charge < -0.3 is 15.0 Å². The molecule has 2 amide bonds. The topological polar surface area (TPSA) is 58.6 Å². The summed E-state index contributed by atoms with van der Waals surface area (Å²) < 4.78 is 5.91. The van der Waals surface area contributed by atoms with E-state index in [2.05, 4.69) is 21.2 Å². The average Bonchev–Trinajstić information content (AvgIpc) is 2.60. The molecule has 126 valence electrons. The van der Waals surface area contributed by atoms with Gasteiger partial charge in [-0.15, -0.1) is 0 Å². The number of hydrogen-bond acceptors (Lipinski definition) is 3. The van der Waals surface area contributed by atoms with Crippen molar-refractivity contribution in [3.8, 4) is 5.75 Å². The van der Waals surface area contributed by atoms with E-state index in [-0.39, 0.29) is 11.8 Å². The Morgan fingerprint density at radius 2 is 1.75 bits per heavy atom. The normalized spacial score (nSPS) is 10.2. The van der Waals surface area contributed by atoms with Gasteiger partial charge in [0.05, 0.1) is 11.6 Å². The van der Waals surface area contributed by atoms with Crippen LogP contribution in [0.25, 0.3) is 0 Å². The van der Waals surface area contributed by atoms with Crippen LogP contribution in [-0.4, -0.2) is 37.9 Å². The van der Waals surface area contributed by atoms with Crippen molar-refractivity contribution in [3.63, 3.8) is 0 Å². The number of nitrogens with zero attached hydrogens (tertiary/aromatic N) is 1. The van der Waals surface area contributed by atoms with Crippen LogP contribution in [0.1, 0.15) is 26.3 Å². The minimum Gasteiger partial charge on any atom is -0.496 e. The average molecular weight is 391 g/mol. The third-order valence-corrected chi connectivity index (χ3v) is 4.23. The van der Waals surface area contributed by atoms with E-state index in [9.17, 15) is 9.59 Å². The van der Waals surface area contributed by atoms with Gasteiger partial charge in [-0.3, -0.25) is 9.59 Å². The highest BCUT2D eigenvalue weighted by Gasteiger charge is 2.14. The molecule has 2 aromatic carbocycles. The molecule has 0 bridgehead atoms. The molecule has 0 saturated heterocycles. The molecule has 6 heteroatoms. The number of carbonyl (C=O) groups excluding carboxylic acids is 2. The SMILES string of the molecule is CNC(=O)c1ccc(CN(C)C(=O)c2ccc(OC)c(Br)c2)cc1. The molecule has 2 aromatic rings. The van der Waals surface area contributed by atoms with Gasteiger partial charge in [-0.05, 0) is 51.8 Å². The van der Waals surface area contributed by atoms with E-state index in [1.807, 2.05) is 12.1 Å². The fraction of sp³-hybridized carbons (Fsp3) is 0.222. The maximum atomic E-state index is 12.5. The molecule has 0 saturated carbocycles. The van der Waals surface area contributed by atoms with E-state index in [4.69, 9.17) is 4.74 Å². The Morgan fingerprint density at radius 3 is 2.29 bits per heavy atom. The van der Waals surface area contributed by atoms with Crippen molar-refractivity contribution in [2.45, 2.75) is 6.54 Å². The van der Waals surface area contributed by atoms with Gasteiger partial charge >= 0.3 is 0 Å². The van der Waals surface area contributed by atoms with Crippen LogP contribution >= 0.6 is 15.9 Å². The monoisotopic (exact) mass is 390 g/mol. The summed E-state index contributed by atoms with van der Waals surface area (Å²) >= 11 is 3.39. The fourth-order valence-corrected chi connectivity index (χ4v) is 2.81. The lowest BCUT2D eigenvalue weighted by atomic mass is 10.1. The Labute approximate surface area is 149 Å². The molecule has 0 aromatic heterocycles. The van der Waals surface area contributed by atoms with E-state index < -0.39 is 0 Å². The minimum absolute atomic E-state index is 0.0891. The second-order valence-corrected chi connectivity index (χ2v) is 6.14. The van der Waals surface area contributed by atoms with Gasteiger partial charge in [0.1, 0.15) is 5.75 Å². The number of benzene rings is 2. The van der Waals surface area contributed by atoms with Crippen LogP contribution in [0.2, 0.25) is 0 Å². The first-order valence-electron chi connectivity index (χ1n) is 7.36. The summed E-state index contributed by atoms with van der Waals surface area (Å²) in [5.41, 5.74) is 2.12. The van der Waals surface area contributed by atoms with E-state index in [0.717, 1.165) is 10.0 Å². The van der Waals surface area contributed by atoms with Crippen molar-refractivity contribution in [1.82, 2.24) is 10.2 Å². The number of ether oxygens (including phenoxy) is 1. The van der Waals surface area contributed by atoms with Gasteiger partial charge in [0.2, 0.25) is 0 Å². The number of halogens is 1. The molecule has 0 fully saturated rings. The zero-order chi connectivity index (χ0) is 17.7. The Bertz CT molecular complexity index is 744. The summed E-state index contributed by atoms with van der Waals surface area (Å²) in [6.45, 7) is 0.455. The van der Waals surface area contributed by atoms with Crippen LogP contribution in [0.15, 0.2) is 46.9 Å². The number of hydrogen-bond donors (Lipinski definition) is 1. The molecule has 0 spiro atoms. The van der Waals surface area contributed by atoms with E-state index >= 15 is 0 Å². The third-order valence-electron chi connectivity index (χ3n) is 3.61. The summed E-state index contributed by atoms with van der Waals surface area (Å²) in [6, 6.07) is 12.4. The second kappa shape index (κ2) is 7.97. The molecule has 0 radical (unpaired) electrons. The predicted octanol–water partition coefficient (Wildman–Crippen LogP) is 3.09. The Kier molecular flexibility index (Phi) is 5.98. The summed E-state index contributed by atoms with van der Waals surface area (Å²) in [5.74, 6) is 0.460. The first-order valence-corrected chi connectivity index (χ1v) is 8.15. The standard InChI is InChI=1S/C18H19BrN2O3/c1-20-17(22)13-6-4-12(5-7-13)11-21(2)18(23)14-8-9-16(24-3)15(19)10-14/h4-10H,11H2,1-3H3,(H,20,22). The van der Waals surface area contributed by atoms with Crippen molar-refractivity contribution in [3.05, 3.63) is 63.6 Å². The van der Waals surface area contributed by atoms with Gasteiger partial charge in [-0.2, -0.15) is 0 Å². The number of carbonyl (C=O) groups is 2. The lowest BCUT2D eigenvalue weighted by Crippen LogP contribution is -2.26. The van der Waals surface area contributed by atoms with Crippen molar-refractivity contribution >= 4 is 27.7 Å². The molecular weight excluding hydrogens is 372 g/mol. The van der Waals surface area contributed by atoms with Crippen LogP contribution in [0.4, 0.5) is 0 Å². The number of rotatable bonds is 5. The highest BCUT2D eigenvalue weighted by atomic mass is 79.9. The second-order valence-electron chi connectivity index (χ2n) is 5.29. The predicted molar refractivity (Wildman–Crippen MR) is 96.3 cm³/mol. The Morgan fingerprint density at radius 1 is 1.12 bits per heavy atom. The van der Waals surface area contributed by atoms with Crippen molar-refractivity contribution in [2.75, 3.05) is 21.2 Å². The molecule has 0 aliphatic carbocycles. The largest absolute Gasteiger partial charge is 0.496 e. The van der Waals surface area contributed by atoms with Crippen molar-refractivity contribution in [1.29, 1.82) is 0 Å². The number of amides is 2. The van der Waals surface area contributed by atoms with Gasteiger partial charge in [0.25, 0.3) is 11.8 Å². The van der Waals surface area contributed by atoms with E-state index in [0.29, 0.717) is 23.4 Å². The maximum Gasteiger partial charge on any atom is 0.253 e. The lowest BCUT2D eigenvalue weighted by molar-refractivity contribution is 0.0784. The molecule has 0 unspecified atom stereocenters. The first kappa shape index (κ1) is 18.0. The molecule has 0 heterocycles. The number of methoxy groups -OCH3 is 1. The number of nitrogens with one attached hydrogen (secondary N) is 1. The van der Waals surface area contributed by atoms with Gasteiger partial charge in [-0.25, -0.2) is 0 Å². The first-order chi connectivity index (χ1) is 11.5. The third kappa shape index (κ3) is 4.14. The highest BCUT2D eigenvalue weighted by Crippen LogP contribution is 2.26. The fourth-order valence-electron chi connectivity index (χ4n) is 2.27. The molecule has 2 rings (SSSR count). The zero-order valence-corrected chi connectivity index (χ0v) is 15.4. The molecule has 24 heavy (non-hydrogen) atoms. The molecule has 1 N–H and O–H groups in total. The van der Waals surface area contributed by atoms with Gasteiger partial charge in [0.15, 0.2) is 0 Å². The van der Waals surface area contributed by atoms with Gasteiger partial charge in [-0.1, -0.05) is 12.1 Å². The van der Waals surface area contributed by atoms with Crippen LogP contribution < -0.4 is 10.1 Å². The Balaban J connectivity index is 2.08. The van der Waals surface area contributed by atoms with Crippen molar-refractivity contribution in [2.24, 2.45) is 0 Å². The summed E-state index contributed by atoms with van der Waals surface area (Å²) in [7, 11) is 4.92. The molecule has 5 nitrogen and oxygen atoms in total. The van der Waals surface area contributed by atoms with Crippen LogP contribution in [0, 0.1) is 0 Å². The summed E-state index contributed by atoms with van der Waals surface area (Å²) in [6.07, 6.45) is 0. The Hall–Kier alpha value is -2.34. The van der Waals surface area contributed by atoms with Crippen LogP contribution in [0.5, 0.6) is 5.75 Å². The lowest BCUT2D eigenvalue weighted by Gasteiger charge is -2.18. The highest BCUT2D eigenvalue weighted by molar-refractivity contribution is 9.10. The van der Waals surface area contributed by atoms with Crippen molar-refractivity contribution < 1.29 is 14.3 Å². The van der Waals surface area contributed by atoms with E-state index in [1.54, 1.807) is 56.4 Å². The molecule has 0 atom stereocenters. The van der Waals surface area contributed by atoms with Gasteiger partial charge in [0, 0.05) is 31.8 Å².